The summed E-state index contributed by atoms with van der Waals surface area (Å²) in [6, 6.07) is 0.505. The predicted molar refractivity (Wildman–Crippen MR) is 64.6 cm³/mol. The number of aliphatic hydroxyl groups excluding tert-OH is 1. The van der Waals surface area contributed by atoms with Crippen LogP contribution < -0.4 is 0 Å². The van der Waals surface area contributed by atoms with Gasteiger partial charge in [0.15, 0.2) is 0 Å². The minimum absolute atomic E-state index is 0.120. The molecule has 0 radical (unpaired) electrons. The number of aliphatic hydroxyl groups is 1. The maximum absolute atomic E-state index is 9.66. The average molecular weight is 228 g/mol. The van der Waals surface area contributed by atoms with E-state index in [9.17, 15) is 5.11 Å². The van der Waals surface area contributed by atoms with E-state index in [1.54, 1.807) is 0 Å². The molecule has 2 heterocycles. The van der Waals surface area contributed by atoms with Crippen molar-refractivity contribution >= 4 is 11.8 Å². The summed E-state index contributed by atoms with van der Waals surface area (Å²) in [5, 5.41) is 12.3. The lowest BCUT2D eigenvalue weighted by atomic mass is 10.1. The molecule has 2 rings (SSSR count). The maximum Gasteiger partial charge on any atom is 0.0935 e. The van der Waals surface area contributed by atoms with E-state index in [4.69, 9.17) is 0 Å². The smallest absolute Gasteiger partial charge is 0.0935 e. The van der Waals surface area contributed by atoms with Crippen molar-refractivity contribution in [2.45, 2.75) is 37.3 Å². The lowest BCUT2D eigenvalue weighted by Crippen LogP contribution is -2.50. The quantitative estimate of drug-likeness (QED) is 0.771. The lowest BCUT2D eigenvalue weighted by Gasteiger charge is -2.39. The molecule has 1 fully saturated rings. The van der Waals surface area contributed by atoms with Gasteiger partial charge in [-0.25, -0.2) is 0 Å². The van der Waals surface area contributed by atoms with Gasteiger partial charge in [-0.2, -0.15) is 0 Å². The first-order chi connectivity index (χ1) is 7.18. The predicted octanol–water partition coefficient (Wildman–Crippen LogP) is 1.31. The summed E-state index contributed by atoms with van der Waals surface area (Å²) in [4.78, 5) is 4.67. The van der Waals surface area contributed by atoms with E-state index in [-0.39, 0.29) is 6.10 Å². The zero-order valence-corrected chi connectivity index (χ0v) is 10.3. The van der Waals surface area contributed by atoms with E-state index < -0.39 is 0 Å². The lowest BCUT2D eigenvalue weighted by molar-refractivity contribution is 0.0421. The molecule has 3 nitrogen and oxygen atoms in total. The summed E-state index contributed by atoms with van der Waals surface area (Å²) in [6.07, 6.45) is 4.10. The maximum atomic E-state index is 9.66. The molecule has 1 N–H and O–H groups in total. The van der Waals surface area contributed by atoms with Crippen LogP contribution in [-0.4, -0.2) is 52.6 Å². The Kier molecular flexibility index (Phi) is 3.59. The number of thioether (sulfide) groups is 1. The number of likely N-dealkylation sites (tertiary alicyclic amines) is 1. The molecule has 0 unspecified atom stereocenters. The van der Waals surface area contributed by atoms with Gasteiger partial charge in [0, 0.05) is 25.8 Å². The number of hydrogen-bond donors (Lipinski definition) is 1. The standard InChI is InChI=1S/C11H20N2OS/c1-9(11-12(2)6-7-15-11)13-5-3-4-10(14)8-13/h6-7,9-11,14H,3-5,8H2,1-2H3/t9-,10+,11+/m1/s1. The van der Waals surface area contributed by atoms with Gasteiger partial charge in [-0.15, -0.1) is 11.8 Å². The summed E-state index contributed by atoms with van der Waals surface area (Å²) in [6.45, 7) is 4.23. The second-order valence-corrected chi connectivity index (χ2v) is 5.54. The summed E-state index contributed by atoms with van der Waals surface area (Å²) in [5.74, 6) is 0. The van der Waals surface area contributed by atoms with Crippen molar-refractivity contribution in [1.82, 2.24) is 9.80 Å². The molecule has 4 heteroatoms. The number of nitrogens with zero attached hydrogens (tertiary/aromatic N) is 2. The largest absolute Gasteiger partial charge is 0.392 e. The Labute approximate surface area is 96.1 Å². The van der Waals surface area contributed by atoms with Crippen LogP contribution in [-0.2, 0) is 0 Å². The molecule has 0 bridgehead atoms. The Morgan fingerprint density at radius 3 is 2.93 bits per heavy atom. The second-order valence-electron chi connectivity index (χ2n) is 4.51. The van der Waals surface area contributed by atoms with Crippen LogP contribution in [0.4, 0.5) is 0 Å². The van der Waals surface area contributed by atoms with Gasteiger partial charge in [0.25, 0.3) is 0 Å². The van der Waals surface area contributed by atoms with E-state index in [0.717, 1.165) is 25.9 Å². The van der Waals surface area contributed by atoms with Gasteiger partial charge >= 0.3 is 0 Å². The third-order valence-electron chi connectivity index (χ3n) is 3.33. The van der Waals surface area contributed by atoms with E-state index in [0.29, 0.717) is 11.4 Å². The molecule has 0 amide bonds. The number of hydrogen-bond acceptors (Lipinski definition) is 4. The van der Waals surface area contributed by atoms with Crippen LogP contribution in [0.25, 0.3) is 0 Å². The Morgan fingerprint density at radius 1 is 1.53 bits per heavy atom. The number of piperidine rings is 1. The van der Waals surface area contributed by atoms with Gasteiger partial charge < -0.3 is 10.0 Å². The van der Waals surface area contributed by atoms with E-state index in [1.165, 1.54) is 0 Å². The summed E-state index contributed by atoms with van der Waals surface area (Å²) >= 11 is 1.88. The summed E-state index contributed by atoms with van der Waals surface area (Å²) < 4.78 is 0. The molecule has 0 aromatic heterocycles. The van der Waals surface area contributed by atoms with Crippen LogP contribution in [0.15, 0.2) is 11.6 Å². The van der Waals surface area contributed by atoms with Gasteiger partial charge in [-0.05, 0) is 31.7 Å². The zero-order valence-electron chi connectivity index (χ0n) is 9.47. The number of likely N-dealkylation sites (N-methyl/N-ethyl adjacent to an activating group) is 1. The minimum Gasteiger partial charge on any atom is -0.392 e. The summed E-state index contributed by atoms with van der Waals surface area (Å²) in [7, 11) is 2.12. The van der Waals surface area contributed by atoms with Crippen LogP contribution in [0, 0.1) is 0 Å². The van der Waals surface area contributed by atoms with Crippen molar-refractivity contribution in [1.29, 1.82) is 0 Å². The first-order valence-corrected chi connectivity index (χ1v) is 6.59. The highest BCUT2D eigenvalue weighted by atomic mass is 32.2. The molecule has 2 aliphatic heterocycles. The Hall–Kier alpha value is -0.190. The molecule has 1 saturated heterocycles. The van der Waals surface area contributed by atoms with Gasteiger partial charge in [0.2, 0.25) is 0 Å². The molecule has 15 heavy (non-hydrogen) atoms. The van der Waals surface area contributed by atoms with Crippen LogP contribution in [0.1, 0.15) is 19.8 Å². The first-order valence-electron chi connectivity index (χ1n) is 5.64. The molecule has 2 aliphatic rings. The molecular formula is C11H20N2OS. The molecular weight excluding hydrogens is 208 g/mol. The highest BCUT2D eigenvalue weighted by molar-refractivity contribution is 8.02. The van der Waals surface area contributed by atoms with Crippen LogP contribution in [0.3, 0.4) is 0 Å². The fourth-order valence-corrected chi connectivity index (χ4v) is 3.47. The van der Waals surface area contributed by atoms with Crippen molar-refractivity contribution in [3.8, 4) is 0 Å². The molecule has 0 aliphatic carbocycles. The fraction of sp³-hybridized carbons (Fsp3) is 0.818. The van der Waals surface area contributed by atoms with Crippen molar-refractivity contribution in [3.63, 3.8) is 0 Å². The first kappa shape index (κ1) is 11.3. The third kappa shape index (κ3) is 2.49. The van der Waals surface area contributed by atoms with Crippen molar-refractivity contribution in [2.75, 3.05) is 20.1 Å². The second kappa shape index (κ2) is 4.76. The highest BCUT2D eigenvalue weighted by Gasteiger charge is 2.30. The normalized spacial score (nSPS) is 34.7. The van der Waals surface area contributed by atoms with Crippen LogP contribution in [0.2, 0.25) is 0 Å². The van der Waals surface area contributed by atoms with Crippen molar-refractivity contribution in [2.24, 2.45) is 0 Å². The van der Waals surface area contributed by atoms with E-state index in [1.807, 2.05) is 11.8 Å². The molecule has 0 spiro atoms. The van der Waals surface area contributed by atoms with Gasteiger partial charge in [-0.1, -0.05) is 0 Å². The number of β-amino-alcohol motifs (C(OH)–C–C–N with tert-alkyl or cyclic N) is 1. The molecule has 0 saturated carbocycles. The van der Waals surface area contributed by atoms with E-state index in [2.05, 4.69) is 35.4 Å². The summed E-state index contributed by atoms with van der Waals surface area (Å²) in [5.41, 5.74) is 0. The van der Waals surface area contributed by atoms with Gasteiger partial charge in [-0.3, -0.25) is 4.90 Å². The topological polar surface area (TPSA) is 26.7 Å². The average Bonchev–Trinajstić information content (AvgIpc) is 2.63. The van der Waals surface area contributed by atoms with Crippen molar-refractivity contribution in [3.05, 3.63) is 11.6 Å². The Bertz CT molecular complexity index is 247. The van der Waals surface area contributed by atoms with Crippen molar-refractivity contribution < 1.29 is 5.11 Å². The van der Waals surface area contributed by atoms with Gasteiger partial charge in [0.05, 0.1) is 11.5 Å². The third-order valence-corrected chi connectivity index (χ3v) is 4.62. The fourth-order valence-electron chi connectivity index (χ4n) is 2.38. The SMILES string of the molecule is C[C@H]([C@@H]1SC=CN1C)N1CCC[C@H](O)C1. The van der Waals surface area contributed by atoms with Crippen LogP contribution >= 0.6 is 11.8 Å². The Balaban J connectivity index is 1.92. The molecule has 86 valence electrons. The zero-order chi connectivity index (χ0) is 10.8. The number of rotatable bonds is 2. The van der Waals surface area contributed by atoms with E-state index >= 15 is 0 Å². The van der Waals surface area contributed by atoms with Gasteiger partial charge in [0.1, 0.15) is 0 Å². The highest BCUT2D eigenvalue weighted by Crippen LogP contribution is 2.29. The monoisotopic (exact) mass is 228 g/mol. The molecule has 0 aromatic carbocycles. The minimum atomic E-state index is -0.120. The Morgan fingerprint density at radius 2 is 2.33 bits per heavy atom. The molecule has 3 atom stereocenters. The molecule has 0 aromatic rings. The van der Waals surface area contributed by atoms with Crippen LogP contribution in [0.5, 0.6) is 0 Å².